The van der Waals surface area contributed by atoms with E-state index in [1.165, 1.54) is 0 Å². The van der Waals surface area contributed by atoms with E-state index in [0.717, 1.165) is 11.3 Å². The molecular weight excluding hydrogens is 224 g/mol. The minimum Gasteiger partial charge on any atom is -0.384 e. The zero-order valence-electron chi connectivity index (χ0n) is 8.76. The molecular formula is C12H11ClN2O. The van der Waals surface area contributed by atoms with Gasteiger partial charge < -0.3 is 5.11 Å². The number of aryl methyl sites for hydroxylation is 1. The Kier molecular flexibility index (Phi) is 3.17. The molecule has 0 aliphatic rings. The van der Waals surface area contributed by atoms with Gasteiger partial charge in [-0.1, -0.05) is 23.7 Å². The summed E-state index contributed by atoms with van der Waals surface area (Å²) in [4.78, 5) is 8.07. The summed E-state index contributed by atoms with van der Waals surface area (Å²) in [7, 11) is 0. The Morgan fingerprint density at radius 1 is 1.06 bits per heavy atom. The number of nitrogens with zero attached hydrogens (tertiary/aromatic N) is 2. The zero-order chi connectivity index (χ0) is 11.5. The van der Waals surface area contributed by atoms with Crippen LogP contribution in [0.25, 0.3) is 0 Å². The molecule has 1 N–H and O–H groups in total. The first-order valence-corrected chi connectivity index (χ1v) is 5.26. The third-order valence-electron chi connectivity index (χ3n) is 2.32. The molecule has 0 aliphatic heterocycles. The fourth-order valence-corrected chi connectivity index (χ4v) is 1.49. The van der Waals surface area contributed by atoms with Gasteiger partial charge in [0.15, 0.2) is 0 Å². The number of hydrogen-bond acceptors (Lipinski definition) is 3. The van der Waals surface area contributed by atoms with E-state index in [0.29, 0.717) is 10.7 Å². The molecule has 2 aromatic rings. The van der Waals surface area contributed by atoms with Crippen molar-refractivity contribution in [2.75, 3.05) is 0 Å². The smallest absolute Gasteiger partial charge is 0.129 e. The second kappa shape index (κ2) is 4.60. The van der Waals surface area contributed by atoms with Crippen molar-refractivity contribution >= 4 is 11.6 Å². The normalized spacial score (nSPS) is 12.4. The van der Waals surface area contributed by atoms with Crippen molar-refractivity contribution in [3.8, 4) is 0 Å². The van der Waals surface area contributed by atoms with E-state index in [2.05, 4.69) is 9.97 Å². The molecule has 0 saturated heterocycles. The van der Waals surface area contributed by atoms with Crippen LogP contribution < -0.4 is 0 Å². The van der Waals surface area contributed by atoms with E-state index in [9.17, 15) is 5.11 Å². The highest BCUT2D eigenvalue weighted by atomic mass is 35.5. The van der Waals surface area contributed by atoms with Crippen molar-refractivity contribution in [3.63, 3.8) is 0 Å². The number of pyridine rings is 2. The number of hydrogen-bond donors (Lipinski definition) is 1. The Morgan fingerprint density at radius 3 is 2.19 bits per heavy atom. The molecule has 2 aromatic heterocycles. The highest BCUT2D eigenvalue weighted by molar-refractivity contribution is 6.29. The summed E-state index contributed by atoms with van der Waals surface area (Å²) in [5.74, 6) is 0. The van der Waals surface area contributed by atoms with Crippen molar-refractivity contribution in [2.24, 2.45) is 0 Å². The molecule has 3 nitrogen and oxygen atoms in total. The lowest BCUT2D eigenvalue weighted by atomic mass is 10.1. The summed E-state index contributed by atoms with van der Waals surface area (Å²) >= 11 is 5.68. The van der Waals surface area contributed by atoms with Crippen LogP contribution in [0.5, 0.6) is 0 Å². The highest BCUT2D eigenvalue weighted by Gasteiger charge is 2.10. The van der Waals surface area contributed by atoms with Crippen LogP contribution in [0.15, 0.2) is 36.7 Å². The van der Waals surface area contributed by atoms with Gasteiger partial charge in [0.25, 0.3) is 0 Å². The molecule has 0 spiro atoms. The van der Waals surface area contributed by atoms with Crippen molar-refractivity contribution in [3.05, 3.63) is 58.6 Å². The Balaban J connectivity index is 2.28. The summed E-state index contributed by atoms with van der Waals surface area (Å²) in [6.07, 6.45) is 2.51. The Bertz CT molecular complexity index is 422. The summed E-state index contributed by atoms with van der Waals surface area (Å²) in [6, 6.07) is 7.12. The molecule has 2 heterocycles. The number of rotatable bonds is 2. The quantitative estimate of drug-likeness (QED) is 0.813. The first-order valence-electron chi connectivity index (χ1n) is 4.89. The van der Waals surface area contributed by atoms with Crippen LogP contribution in [0, 0.1) is 6.92 Å². The number of halogens is 1. The van der Waals surface area contributed by atoms with Crippen LogP contribution in [0.1, 0.15) is 22.9 Å². The van der Waals surface area contributed by atoms with E-state index < -0.39 is 6.10 Å². The van der Waals surface area contributed by atoms with E-state index in [1.807, 2.05) is 19.1 Å². The summed E-state index contributed by atoms with van der Waals surface area (Å²) < 4.78 is 0. The minimum atomic E-state index is -0.710. The predicted octanol–water partition coefficient (Wildman–Crippen LogP) is 2.52. The van der Waals surface area contributed by atoms with E-state index in [-0.39, 0.29) is 0 Å². The Morgan fingerprint density at radius 2 is 1.69 bits per heavy atom. The van der Waals surface area contributed by atoms with Crippen molar-refractivity contribution in [2.45, 2.75) is 13.0 Å². The minimum absolute atomic E-state index is 0.415. The van der Waals surface area contributed by atoms with Crippen LogP contribution in [0.2, 0.25) is 5.15 Å². The van der Waals surface area contributed by atoms with Gasteiger partial charge in [0.05, 0.1) is 0 Å². The molecule has 0 aliphatic carbocycles. The maximum absolute atomic E-state index is 10.1. The number of aliphatic hydroxyl groups is 1. The topological polar surface area (TPSA) is 46.0 Å². The van der Waals surface area contributed by atoms with Crippen LogP contribution in [-0.4, -0.2) is 15.1 Å². The predicted molar refractivity (Wildman–Crippen MR) is 62.3 cm³/mol. The lowest BCUT2D eigenvalue weighted by Crippen LogP contribution is -2.01. The van der Waals surface area contributed by atoms with Crippen molar-refractivity contribution in [1.82, 2.24) is 9.97 Å². The van der Waals surface area contributed by atoms with Crippen molar-refractivity contribution in [1.29, 1.82) is 0 Å². The Hall–Kier alpha value is -1.45. The lowest BCUT2D eigenvalue weighted by molar-refractivity contribution is 0.219. The van der Waals surface area contributed by atoms with Gasteiger partial charge in [-0.15, -0.1) is 0 Å². The average molecular weight is 235 g/mol. The molecule has 0 bridgehead atoms. The highest BCUT2D eigenvalue weighted by Crippen LogP contribution is 2.21. The largest absolute Gasteiger partial charge is 0.384 e. The second-order valence-electron chi connectivity index (χ2n) is 3.55. The molecule has 1 atom stereocenters. The van der Waals surface area contributed by atoms with Crippen LogP contribution in [-0.2, 0) is 0 Å². The molecule has 1 unspecified atom stereocenters. The number of aliphatic hydroxyl groups excluding tert-OH is 1. The zero-order valence-corrected chi connectivity index (χ0v) is 9.52. The molecule has 4 heteroatoms. The van der Waals surface area contributed by atoms with Gasteiger partial charge in [-0.2, -0.15) is 0 Å². The van der Waals surface area contributed by atoms with E-state index >= 15 is 0 Å². The third kappa shape index (κ3) is 2.38. The van der Waals surface area contributed by atoms with Gasteiger partial charge in [-0.3, -0.25) is 4.98 Å². The molecule has 0 aromatic carbocycles. The van der Waals surface area contributed by atoms with Gasteiger partial charge in [-0.25, -0.2) is 4.98 Å². The Labute approximate surface area is 98.8 Å². The maximum atomic E-state index is 10.1. The molecule has 0 saturated carbocycles. The SMILES string of the molecule is Cc1ccc(C(O)c2ccc(Cl)nc2)cn1. The summed E-state index contributed by atoms with van der Waals surface area (Å²) in [5.41, 5.74) is 2.37. The fourth-order valence-electron chi connectivity index (χ4n) is 1.38. The van der Waals surface area contributed by atoms with Crippen LogP contribution >= 0.6 is 11.6 Å². The lowest BCUT2D eigenvalue weighted by Gasteiger charge is -2.10. The average Bonchev–Trinajstić information content (AvgIpc) is 2.30. The van der Waals surface area contributed by atoms with E-state index in [1.54, 1.807) is 24.5 Å². The summed E-state index contributed by atoms with van der Waals surface area (Å²) in [5, 5.41) is 10.5. The second-order valence-corrected chi connectivity index (χ2v) is 3.94. The molecule has 0 amide bonds. The van der Waals surface area contributed by atoms with Crippen LogP contribution in [0.4, 0.5) is 0 Å². The van der Waals surface area contributed by atoms with Crippen molar-refractivity contribution < 1.29 is 5.11 Å². The molecule has 16 heavy (non-hydrogen) atoms. The van der Waals surface area contributed by atoms with Gasteiger partial charge in [-0.05, 0) is 19.1 Å². The fraction of sp³-hybridized carbons (Fsp3) is 0.167. The van der Waals surface area contributed by atoms with Gasteiger partial charge >= 0.3 is 0 Å². The van der Waals surface area contributed by atoms with Crippen LogP contribution in [0.3, 0.4) is 0 Å². The van der Waals surface area contributed by atoms with Gasteiger partial charge in [0, 0.05) is 29.2 Å². The van der Waals surface area contributed by atoms with Gasteiger partial charge in [0.2, 0.25) is 0 Å². The van der Waals surface area contributed by atoms with E-state index in [4.69, 9.17) is 11.6 Å². The first kappa shape index (κ1) is 11.0. The third-order valence-corrected chi connectivity index (χ3v) is 2.54. The monoisotopic (exact) mass is 234 g/mol. The number of aromatic nitrogens is 2. The standard InChI is InChI=1S/C12H11ClN2O/c1-8-2-3-9(6-14-8)12(16)10-4-5-11(13)15-7-10/h2-7,12,16H,1H3. The summed E-state index contributed by atoms with van der Waals surface area (Å²) in [6.45, 7) is 1.90. The first-order chi connectivity index (χ1) is 7.66. The molecule has 0 radical (unpaired) electrons. The molecule has 0 fully saturated rings. The van der Waals surface area contributed by atoms with Gasteiger partial charge in [0.1, 0.15) is 11.3 Å². The molecule has 82 valence electrons. The molecule has 2 rings (SSSR count). The maximum Gasteiger partial charge on any atom is 0.129 e.